The fourth-order valence-corrected chi connectivity index (χ4v) is 1.79. The molecule has 0 saturated heterocycles. The summed E-state index contributed by atoms with van der Waals surface area (Å²) < 4.78 is 0. The van der Waals surface area contributed by atoms with Crippen LogP contribution < -0.4 is 5.73 Å². The van der Waals surface area contributed by atoms with Gasteiger partial charge in [-0.15, -0.1) is 0 Å². The first kappa shape index (κ1) is 12.0. The van der Waals surface area contributed by atoms with Gasteiger partial charge in [0, 0.05) is 0 Å². The lowest BCUT2D eigenvalue weighted by Gasteiger charge is -2.32. The van der Waals surface area contributed by atoms with Crippen LogP contribution in [0, 0.1) is 11.3 Å². The zero-order valence-electron chi connectivity index (χ0n) is 9.19. The molecule has 0 bridgehead atoms. The van der Waals surface area contributed by atoms with Crippen molar-refractivity contribution >= 4 is 0 Å². The third-order valence-corrected chi connectivity index (χ3v) is 3.41. The standard InChI is InChI=1S/C11H25N/c1-5-10(4)8-11(6-2,7-3)9-12/h10H,5-9,12H2,1-4H3. The highest BCUT2D eigenvalue weighted by molar-refractivity contribution is 4.79. The fourth-order valence-electron chi connectivity index (χ4n) is 1.79. The maximum atomic E-state index is 5.83. The van der Waals surface area contributed by atoms with E-state index in [1.807, 2.05) is 0 Å². The van der Waals surface area contributed by atoms with Crippen LogP contribution in [0.3, 0.4) is 0 Å². The number of nitrogens with two attached hydrogens (primary N) is 1. The molecular formula is C11H25N. The average Bonchev–Trinajstić information content (AvgIpc) is 2.14. The summed E-state index contributed by atoms with van der Waals surface area (Å²) in [6, 6.07) is 0. The van der Waals surface area contributed by atoms with Crippen LogP contribution in [0.4, 0.5) is 0 Å². The monoisotopic (exact) mass is 171 g/mol. The molecule has 1 unspecified atom stereocenters. The lowest BCUT2D eigenvalue weighted by atomic mass is 9.75. The molecule has 0 fully saturated rings. The van der Waals surface area contributed by atoms with Crippen molar-refractivity contribution in [3.05, 3.63) is 0 Å². The van der Waals surface area contributed by atoms with Gasteiger partial charge in [0.15, 0.2) is 0 Å². The smallest absolute Gasteiger partial charge is 0.00206 e. The first-order chi connectivity index (χ1) is 5.64. The van der Waals surface area contributed by atoms with Crippen molar-refractivity contribution in [1.82, 2.24) is 0 Å². The summed E-state index contributed by atoms with van der Waals surface area (Å²) in [4.78, 5) is 0. The minimum atomic E-state index is 0.426. The van der Waals surface area contributed by atoms with E-state index in [9.17, 15) is 0 Å². The number of rotatable bonds is 6. The van der Waals surface area contributed by atoms with E-state index >= 15 is 0 Å². The molecule has 0 aromatic rings. The van der Waals surface area contributed by atoms with Crippen molar-refractivity contribution in [2.45, 2.75) is 53.4 Å². The average molecular weight is 171 g/mol. The SMILES string of the molecule is CCC(C)CC(CC)(CC)CN. The molecule has 1 nitrogen and oxygen atoms in total. The van der Waals surface area contributed by atoms with E-state index in [0.29, 0.717) is 5.41 Å². The minimum absolute atomic E-state index is 0.426. The first-order valence-corrected chi connectivity index (χ1v) is 5.34. The lowest BCUT2D eigenvalue weighted by molar-refractivity contribution is 0.208. The van der Waals surface area contributed by atoms with Gasteiger partial charge in [0.1, 0.15) is 0 Å². The van der Waals surface area contributed by atoms with Gasteiger partial charge in [0.2, 0.25) is 0 Å². The van der Waals surface area contributed by atoms with E-state index in [0.717, 1.165) is 12.5 Å². The van der Waals surface area contributed by atoms with Crippen molar-refractivity contribution in [1.29, 1.82) is 0 Å². The van der Waals surface area contributed by atoms with E-state index in [1.165, 1.54) is 25.7 Å². The molecule has 0 aromatic carbocycles. The Kier molecular flexibility index (Phi) is 5.56. The minimum Gasteiger partial charge on any atom is -0.330 e. The molecule has 1 atom stereocenters. The van der Waals surface area contributed by atoms with Gasteiger partial charge < -0.3 is 5.73 Å². The van der Waals surface area contributed by atoms with Crippen molar-refractivity contribution in [3.8, 4) is 0 Å². The van der Waals surface area contributed by atoms with Crippen LogP contribution in [-0.2, 0) is 0 Å². The van der Waals surface area contributed by atoms with Gasteiger partial charge in [-0.05, 0) is 37.1 Å². The molecule has 0 aliphatic carbocycles. The molecule has 1 heteroatoms. The van der Waals surface area contributed by atoms with Crippen LogP contribution >= 0.6 is 0 Å². The zero-order valence-corrected chi connectivity index (χ0v) is 9.19. The first-order valence-electron chi connectivity index (χ1n) is 5.34. The van der Waals surface area contributed by atoms with Crippen LogP contribution in [0.1, 0.15) is 53.4 Å². The predicted octanol–water partition coefficient (Wildman–Crippen LogP) is 3.19. The highest BCUT2D eigenvalue weighted by Crippen LogP contribution is 2.33. The molecule has 0 rings (SSSR count). The molecule has 0 saturated carbocycles. The maximum Gasteiger partial charge on any atom is -0.00206 e. The Balaban J connectivity index is 4.09. The molecule has 0 spiro atoms. The Hall–Kier alpha value is -0.0400. The normalized spacial score (nSPS) is 14.8. The van der Waals surface area contributed by atoms with E-state index in [1.54, 1.807) is 0 Å². The third kappa shape index (κ3) is 3.14. The van der Waals surface area contributed by atoms with Gasteiger partial charge in [-0.25, -0.2) is 0 Å². The quantitative estimate of drug-likeness (QED) is 0.652. The Morgan fingerprint density at radius 3 is 1.92 bits per heavy atom. The zero-order chi connectivity index (χ0) is 9.61. The van der Waals surface area contributed by atoms with Gasteiger partial charge >= 0.3 is 0 Å². The maximum absolute atomic E-state index is 5.83. The van der Waals surface area contributed by atoms with Gasteiger partial charge in [0.05, 0.1) is 0 Å². The van der Waals surface area contributed by atoms with Gasteiger partial charge in [-0.2, -0.15) is 0 Å². The van der Waals surface area contributed by atoms with E-state index < -0.39 is 0 Å². The molecule has 0 heterocycles. The Morgan fingerprint density at radius 2 is 1.67 bits per heavy atom. The molecule has 0 aromatic heterocycles. The predicted molar refractivity (Wildman–Crippen MR) is 56.1 cm³/mol. The molecule has 0 aliphatic rings. The third-order valence-electron chi connectivity index (χ3n) is 3.41. The topological polar surface area (TPSA) is 26.0 Å². The molecule has 2 N–H and O–H groups in total. The molecule has 0 radical (unpaired) electrons. The van der Waals surface area contributed by atoms with Crippen LogP contribution in [0.15, 0.2) is 0 Å². The van der Waals surface area contributed by atoms with E-state index in [4.69, 9.17) is 5.73 Å². The second-order valence-electron chi connectivity index (χ2n) is 4.13. The van der Waals surface area contributed by atoms with E-state index in [2.05, 4.69) is 27.7 Å². The summed E-state index contributed by atoms with van der Waals surface area (Å²) in [7, 11) is 0. The molecule has 0 amide bonds. The van der Waals surface area contributed by atoms with Crippen LogP contribution in [0.5, 0.6) is 0 Å². The van der Waals surface area contributed by atoms with E-state index in [-0.39, 0.29) is 0 Å². The summed E-state index contributed by atoms with van der Waals surface area (Å²) in [6.45, 7) is 9.97. The van der Waals surface area contributed by atoms with Crippen molar-refractivity contribution in [3.63, 3.8) is 0 Å². The molecule has 74 valence electrons. The van der Waals surface area contributed by atoms with Crippen molar-refractivity contribution in [2.75, 3.05) is 6.54 Å². The molecule has 12 heavy (non-hydrogen) atoms. The van der Waals surface area contributed by atoms with Gasteiger partial charge in [-0.1, -0.05) is 34.1 Å². The largest absolute Gasteiger partial charge is 0.330 e. The molecular weight excluding hydrogens is 146 g/mol. The highest BCUT2D eigenvalue weighted by Gasteiger charge is 2.25. The summed E-state index contributed by atoms with van der Waals surface area (Å²) in [5.41, 5.74) is 6.26. The van der Waals surface area contributed by atoms with Crippen molar-refractivity contribution in [2.24, 2.45) is 17.1 Å². The lowest BCUT2D eigenvalue weighted by Crippen LogP contribution is -2.31. The summed E-state index contributed by atoms with van der Waals surface area (Å²) in [5, 5.41) is 0. The Morgan fingerprint density at radius 1 is 1.17 bits per heavy atom. The number of hydrogen-bond donors (Lipinski definition) is 1. The molecule has 0 aliphatic heterocycles. The summed E-state index contributed by atoms with van der Waals surface area (Å²) >= 11 is 0. The second-order valence-corrected chi connectivity index (χ2v) is 4.13. The van der Waals surface area contributed by atoms with Gasteiger partial charge in [0.25, 0.3) is 0 Å². The Bertz CT molecular complexity index is 97.3. The van der Waals surface area contributed by atoms with Gasteiger partial charge in [-0.3, -0.25) is 0 Å². The highest BCUT2D eigenvalue weighted by atomic mass is 14.6. The van der Waals surface area contributed by atoms with Crippen LogP contribution in [0.25, 0.3) is 0 Å². The van der Waals surface area contributed by atoms with Crippen LogP contribution in [0.2, 0.25) is 0 Å². The fraction of sp³-hybridized carbons (Fsp3) is 1.00. The Labute approximate surface area is 77.7 Å². The summed E-state index contributed by atoms with van der Waals surface area (Å²) in [5.74, 6) is 0.827. The number of hydrogen-bond acceptors (Lipinski definition) is 1. The summed E-state index contributed by atoms with van der Waals surface area (Å²) in [6.07, 6.45) is 5.03. The van der Waals surface area contributed by atoms with Crippen molar-refractivity contribution < 1.29 is 0 Å². The second kappa shape index (κ2) is 5.58. The van der Waals surface area contributed by atoms with Crippen LogP contribution in [-0.4, -0.2) is 6.54 Å².